The van der Waals surface area contributed by atoms with Crippen LogP contribution in [0.15, 0.2) is 12.1 Å². The van der Waals surface area contributed by atoms with Crippen molar-refractivity contribution in [1.29, 1.82) is 0 Å². The smallest absolute Gasteiger partial charge is 0.412 e. The average molecular weight is 312 g/mol. The van der Waals surface area contributed by atoms with Crippen molar-refractivity contribution in [3.05, 3.63) is 17.7 Å². The van der Waals surface area contributed by atoms with Gasteiger partial charge >= 0.3 is 12.1 Å². The maximum atomic E-state index is 11.8. The SMILES string of the molecule is COc1cc(C(N)C(=O)O)cc(NC(=O)OC(C)(C)C)c1O. The van der Waals surface area contributed by atoms with Crippen molar-refractivity contribution in [2.24, 2.45) is 5.73 Å². The van der Waals surface area contributed by atoms with Gasteiger partial charge in [0.05, 0.1) is 12.8 Å². The Morgan fingerprint density at radius 1 is 1.32 bits per heavy atom. The van der Waals surface area contributed by atoms with Gasteiger partial charge in [0.1, 0.15) is 11.6 Å². The molecule has 0 bridgehead atoms. The van der Waals surface area contributed by atoms with E-state index in [4.69, 9.17) is 20.3 Å². The lowest BCUT2D eigenvalue weighted by molar-refractivity contribution is -0.138. The second kappa shape index (κ2) is 6.52. The molecule has 0 saturated carbocycles. The van der Waals surface area contributed by atoms with Crippen LogP contribution in [-0.4, -0.2) is 35.0 Å². The normalized spacial score (nSPS) is 12.4. The molecule has 1 rings (SSSR count). The molecule has 8 heteroatoms. The number of hydrogen-bond acceptors (Lipinski definition) is 6. The van der Waals surface area contributed by atoms with E-state index in [9.17, 15) is 14.7 Å². The molecule has 0 heterocycles. The summed E-state index contributed by atoms with van der Waals surface area (Å²) in [5.74, 6) is -1.62. The molecule has 22 heavy (non-hydrogen) atoms. The van der Waals surface area contributed by atoms with Crippen molar-refractivity contribution in [2.45, 2.75) is 32.4 Å². The molecule has 0 aromatic heterocycles. The summed E-state index contributed by atoms with van der Waals surface area (Å²) in [4.78, 5) is 22.7. The number of methoxy groups -OCH3 is 1. The molecule has 1 amide bonds. The summed E-state index contributed by atoms with van der Waals surface area (Å²) in [5, 5.41) is 21.3. The fourth-order valence-electron chi connectivity index (χ4n) is 1.62. The van der Waals surface area contributed by atoms with E-state index in [0.717, 1.165) is 0 Å². The van der Waals surface area contributed by atoms with Gasteiger partial charge in [0.15, 0.2) is 11.5 Å². The zero-order valence-corrected chi connectivity index (χ0v) is 12.8. The summed E-state index contributed by atoms with van der Waals surface area (Å²) in [6.07, 6.45) is -0.800. The van der Waals surface area contributed by atoms with E-state index in [1.807, 2.05) is 0 Å². The van der Waals surface area contributed by atoms with Crippen LogP contribution in [0.1, 0.15) is 32.4 Å². The van der Waals surface area contributed by atoms with Gasteiger partial charge in [-0.3, -0.25) is 10.1 Å². The fraction of sp³-hybridized carbons (Fsp3) is 0.429. The lowest BCUT2D eigenvalue weighted by atomic mass is 10.1. The summed E-state index contributed by atoms with van der Waals surface area (Å²) in [6.45, 7) is 5.05. The van der Waals surface area contributed by atoms with Crippen LogP contribution in [-0.2, 0) is 9.53 Å². The molecule has 1 aromatic carbocycles. The van der Waals surface area contributed by atoms with E-state index in [0.29, 0.717) is 0 Å². The monoisotopic (exact) mass is 312 g/mol. The number of nitrogens with one attached hydrogen (secondary N) is 1. The number of aromatic hydroxyl groups is 1. The first-order valence-electron chi connectivity index (χ1n) is 6.44. The van der Waals surface area contributed by atoms with Crippen molar-refractivity contribution in [3.8, 4) is 11.5 Å². The number of nitrogens with two attached hydrogens (primary N) is 1. The first-order chi connectivity index (χ1) is 10.0. The van der Waals surface area contributed by atoms with E-state index in [-0.39, 0.29) is 22.7 Å². The maximum absolute atomic E-state index is 11.8. The lowest BCUT2D eigenvalue weighted by Crippen LogP contribution is -2.27. The Hall–Kier alpha value is -2.48. The molecule has 0 aliphatic heterocycles. The molecule has 1 aromatic rings. The van der Waals surface area contributed by atoms with Gasteiger partial charge < -0.3 is 25.4 Å². The summed E-state index contributed by atoms with van der Waals surface area (Å²) >= 11 is 0. The summed E-state index contributed by atoms with van der Waals surface area (Å²) in [6, 6.07) is 1.21. The number of anilines is 1. The van der Waals surface area contributed by atoms with Gasteiger partial charge in [0.25, 0.3) is 0 Å². The predicted molar refractivity (Wildman–Crippen MR) is 79.1 cm³/mol. The molecule has 1 unspecified atom stereocenters. The zero-order valence-electron chi connectivity index (χ0n) is 12.8. The van der Waals surface area contributed by atoms with E-state index >= 15 is 0 Å². The Kier molecular flexibility index (Phi) is 5.21. The highest BCUT2D eigenvalue weighted by atomic mass is 16.6. The minimum Gasteiger partial charge on any atom is -0.503 e. The van der Waals surface area contributed by atoms with Crippen LogP contribution in [0.3, 0.4) is 0 Å². The van der Waals surface area contributed by atoms with E-state index in [2.05, 4.69) is 5.32 Å². The van der Waals surface area contributed by atoms with Crippen molar-refractivity contribution < 1.29 is 29.3 Å². The molecule has 5 N–H and O–H groups in total. The van der Waals surface area contributed by atoms with Crippen LogP contribution in [0.4, 0.5) is 10.5 Å². The van der Waals surface area contributed by atoms with E-state index < -0.39 is 23.7 Å². The van der Waals surface area contributed by atoms with Crippen LogP contribution in [0.5, 0.6) is 11.5 Å². The molecule has 0 saturated heterocycles. The van der Waals surface area contributed by atoms with Crippen molar-refractivity contribution in [1.82, 2.24) is 0 Å². The Labute approximate surface area is 127 Å². The van der Waals surface area contributed by atoms with Gasteiger partial charge in [-0.05, 0) is 38.5 Å². The molecular weight excluding hydrogens is 292 g/mol. The van der Waals surface area contributed by atoms with Crippen LogP contribution < -0.4 is 15.8 Å². The number of ether oxygens (including phenoxy) is 2. The Morgan fingerprint density at radius 3 is 2.36 bits per heavy atom. The minimum atomic E-state index is -1.33. The van der Waals surface area contributed by atoms with Crippen LogP contribution in [0.2, 0.25) is 0 Å². The number of rotatable bonds is 4. The Morgan fingerprint density at radius 2 is 1.91 bits per heavy atom. The first kappa shape index (κ1) is 17.6. The van der Waals surface area contributed by atoms with E-state index in [1.165, 1.54) is 19.2 Å². The molecule has 0 fully saturated rings. The number of phenolic OH excluding ortho intramolecular Hbond substituents is 1. The van der Waals surface area contributed by atoms with Crippen LogP contribution >= 0.6 is 0 Å². The fourth-order valence-corrected chi connectivity index (χ4v) is 1.62. The Bertz CT molecular complexity index is 579. The zero-order chi connectivity index (χ0) is 17.1. The summed E-state index contributed by atoms with van der Waals surface area (Å²) < 4.78 is 10.0. The third-order valence-electron chi connectivity index (χ3n) is 2.58. The number of aliphatic carboxylic acids is 1. The summed E-state index contributed by atoms with van der Waals surface area (Å²) in [7, 11) is 1.29. The number of amides is 1. The number of carbonyl (C=O) groups excluding carboxylic acids is 1. The predicted octanol–water partition coefficient (Wildman–Crippen LogP) is 1.83. The van der Waals surface area contributed by atoms with Gasteiger partial charge in [-0.2, -0.15) is 0 Å². The lowest BCUT2D eigenvalue weighted by Gasteiger charge is -2.20. The molecule has 1 atom stereocenters. The van der Waals surface area contributed by atoms with Gasteiger partial charge in [-0.25, -0.2) is 4.79 Å². The standard InChI is InChI=1S/C14H20N2O6/c1-14(2,3)22-13(20)16-8-5-7(10(15)12(18)19)6-9(21-4)11(8)17/h5-6,10,17H,15H2,1-4H3,(H,16,20)(H,18,19). The van der Waals surface area contributed by atoms with Gasteiger partial charge in [0, 0.05) is 0 Å². The van der Waals surface area contributed by atoms with E-state index in [1.54, 1.807) is 20.8 Å². The van der Waals surface area contributed by atoms with Crippen LogP contribution in [0.25, 0.3) is 0 Å². The summed E-state index contributed by atoms with van der Waals surface area (Å²) in [5.41, 5.74) is 4.91. The Balaban J connectivity index is 3.15. The number of hydrogen-bond donors (Lipinski definition) is 4. The third kappa shape index (κ3) is 4.52. The number of carbonyl (C=O) groups is 2. The second-order valence-corrected chi connectivity index (χ2v) is 5.56. The van der Waals surface area contributed by atoms with Crippen LogP contribution in [0, 0.1) is 0 Å². The molecule has 0 aliphatic rings. The second-order valence-electron chi connectivity index (χ2n) is 5.56. The minimum absolute atomic E-state index is 0.0136. The van der Waals surface area contributed by atoms with Gasteiger partial charge in [-0.15, -0.1) is 0 Å². The van der Waals surface area contributed by atoms with Crippen molar-refractivity contribution in [3.63, 3.8) is 0 Å². The van der Waals surface area contributed by atoms with Gasteiger partial charge in [-0.1, -0.05) is 0 Å². The molecule has 8 nitrogen and oxygen atoms in total. The maximum Gasteiger partial charge on any atom is 0.412 e. The quantitative estimate of drug-likeness (QED) is 0.624. The first-order valence-corrected chi connectivity index (χ1v) is 6.44. The highest BCUT2D eigenvalue weighted by Crippen LogP contribution is 2.37. The molecule has 0 aliphatic carbocycles. The topological polar surface area (TPSA) is 131 Å². The van der Waals surface area contributed by atoms with Gasteiger partial charge in [0.2, 0.25) is 0 Å². The number of phenols is 1. The molecule has 0 spiro atoms. The highest BCUT2D eigenvalue weighted by Gasteiger charge is 2.22. The highest BCUT2D eigenvalue weighted by molar-refractivity contribution is 5.88. The molecule has 122 valence electrons. The number of carboxylic acid groups (broad SMARTS) is 1. The van der Waals surface area contributed by atoms with Crippen molar-refractivity contribution >= 4 is 17.7 Å². The number of carboxylic acids is 1. The van der Waals surface area contributed by atoms with Crippen molar-refractivity contribution in [2.75, 3.05) is 12.4 Å². The molecular formula is C14H20N2O6. The third-order valence-corrected chi connectivity index (χ3v) is 2.58. The number of benzene rings is 1. The molecule has 0 radical (unpaired) electrons. The average Bonchev–Trinajstić information content (AvgIpc) is 2.37. The largest absolute Gasteiger partial charge is 0.503 e.